The van der Waals surface area contributed by atoms with E-state index in [0.29, 0.717) is 0 Å². The van der Waals surface area contributed by atoms with E-state index in [1.54, 1.807) is 12.1 Å². The molecule has 1 aromatic carbocycles. The summed E-state index contributed by atoms with van der Waals surface area (Å²) in [5.74, 6) is -1.24. The van der Waals surface area contributed by atoms with Crippen molar-refractivity contribution < 1.29 is 23.4 Å². The van der Waals surface area contributed by atoms with Crippen LogP contribution < -0.4 is 4.90 Å². The molecule has 1 aromatic rings. The molecule has 0 bridgehead atoms. The number of carboxylic acid groups (broad SMARTS) is 1. The predicted molar refractivity (Wildman–Crippen MR) is 84.0 cm³/mol. The molecule has 0 spiro atoms. The molecule has 2 heterocycles. The number of β-amino-alcohol motifs (C(OH)–C–C–N with tert-alkyl or cyclic N) is 1. The Labute approximate surface area is 135 Å². The van der Waals surface area contributed by atoms with Crippen molar-refractivity contribution in [2.24, 2.45) is 0 Å². The number of fused-ring (bicyclic) bond motifs is 1. The Hall–Kier alpha value is -1.64. The molecule has 8 heteroatoms. The first-order chi connectivity index (χ1) is 10.8. The highest BCUT2D eigenvalue weighted by Gasteiger charge is 2.43. The smallest absolute Gasteiger partial charge is 0.322 e. The fraction of sp³-hybridized carbons (Fsp3) is 0.533. The fourth-order valence-electron chi connectivity index (χ4n) is 3.31. The van der Waals surface area contributed by atoms with Crippen LogP contribution in [0, 0.1) is 0 Å². The summed E-state index contributed by atoms with van der Waals surface area (Å²) in [7, 11) is -2.05. The van der Waals surface area contributed by atoms with Crippen LogP contribution in [0.25, 0.3) is 0 Å². The normalized spacial score (nSPS) is 25.4. The van der Waals surface area contributed by atoms with Crippen molar-refractivity contribution in [3.63, 3.8) is 0 Å². The lowest BCUT2D eigenvalue weighted by Crippen LogP contribution is -2.40. The van der Waals surface area contributed by atoms with Gasteiger partial charge in [0.25, 0.3) is 0 Å². The zero-order valence-electron chi connectivity index (χ0n) is 12.8. The highest BCUT2D eigenvalue weighted by atomic mass is 32.2. The third-order valence-electron chi connectivity index (χ3n) is 4.53. The van der Waals surface area contributed by atoms with Crippen LogP contribution in [0.3, 0.4) is 0 Å². The molecule has 2 aliphatic rings. The van der Waals surface area contributed by atoms with Gasteiger partial charge in [0.1, 0.15) is 6.04 Å². The topological polar surface area (TPSA) is 98.2 Å². The molecule has 0 amide bonds. The second kappa shape index (κ2) is 5.77. The summed E-state index contributed by atoms with van der Waals surface area (Å²) < 4.78 is 26.5. The van der Waals surface area contributed by atoms with E-state index in [1.165, 1.54) is 6.07 Å². The maximum atomic E-state index is 12.8. The molecular weight excluding hydrogens is 320 g/mol. The van der Waals surface area contributed by atoms with Crippen molar-refractivity contribution >= 4 is 21.7 Å². The fourth-order valence-corrected chi connectivity index (χ4v) is 4.96. The van der Waals surface area contributed by atoms with Gasteiger partial charge in [-0.2, -0.15) is 4.31 Å². The largest absolute Gasteiger partial charge is 0.480 e. The first-order valence-electron chi connectivity index (χ1n) is 7.57. The lowest BCUT2D eigenvalue weighted by molar-refractivity contribution is -0.140. The SMILES string of the molecule is CN1CCCc2ccc(S(=O)(=O)N3C[C@H](O)C[C@H]3C(=O)O)cc21. The van der Waals surface area contributed by atoms with Crippen LogP contribution in [0.1, 0.15) is 18.4 Å². The molecule has 0 saturated carbocycles. The van der Waals surface area contributed by atoms with Crippen LogP contribution in [0.2, 0.25) is 0 Å². The van der Waals surface area contributed by atoms with Gasteiger partial charge in [0, 0.05) is 32.2 Å². The Morgan fingerprint density at radius 2 is 2.09 bits per heavy atom. The molecule has 0 radical (unpaired) electrons. The summed E-state index contributed by atoms with van der Waals surface area (Å²) in [5.41, 5.74) is 1.96. The van der Waals surface area contributed by atoms with Crippen molar-refractivity contribution in [3.8, 4) is 0 Å². The van der Waals surface area contributed by atoms with E-state index < -0.39 is 28.1 Å². The molecule has 2 aliphatic heterocycles. The average Bonchev–Trinajstić information content (AvgIpc) is 2.90. The molecule has 126 valence electrons. The molecule has 2 N–H and O–H groups in total. The molecule has 0 unspecified atom stereocenters. The van der Waals surface area contributed by atoms with Gasteiger partial charge in [-0.25, -0.2) is 8.42 Å². The van der Waals surface area contributed by atoms with Crippen LogP contribution in [-0.4, -0.2) is 61.2 Å². The number of hydrogen-bond acceptors (Lipinski definition) is 5. The van der Waals surface area contributed by atoms with Gasteiger partial charge >= 0.3 is 5.97 Å². The summed E-state index contributed by atoms with van der Waals surface area (Å²) in [6, 6.07) is 3.70. The van der Waals surface area contributed by atoms with Crippen LogP contribution in [0.15, 0.2) is 23.1 Å². The average molecular weight is 340 g/mol. The summed E-state index contributed by atoms with van der Waals surface area (Å²) in [6.07, 6.45) is 0.889. The van der Waals surface area contributed by atoms with Gasteiger partial charge in [-0.05, 0) is 30.5 Å². The van der Waals surface area contributed by atoms with E-state index in [1.807, 2.05) is 11.9 Å². The van der Waals surface area contributed by atoms with Gasteiger partial charge in [0.15, 0.2) is 0 Å². The number of carbonyl (C=O) groups is 1. The molecule has 3 rings (SSSR count). The van der Waals surface area contributed by atoms with Crippen molar-refractivity contribution in [1.29, 1.82) is 0 Å². The summed E-state index contributed by atoms with van der Waals surface area (Å²) >= 11 is 0. The zero-order valence-corrected chi connectivity index (χ0v) is 13.7. The van der Waals surface area contributed by atoms with E-state index >= 15 is 0 Å². The minimum absolute atomic E-state index is 0.0744. The quantitative estimate of drug-likeness (QED) is 0.820. The number of carboxylic acids is 1. The van der Waals surface area contributed by atoms with Gasteiger partial charge in [0.05, 0.1) is 11.0 Å². The number of sulfonamides is 1. The van der Waals surface area contributed by atoms with Crippen molar-refractivity contribution in [1.82, 2.24) is 4.31 Å². The van der Waals surface area contributed by atoms with Crippen molar-refractivity contribution in [3.05, 3.63) is 23.8 Å². The van der Waals surface area contributed by atoms with Crippen LogP contribution in [0.4, 0.5) is 5.69 Å². The van der Waals surface area contributed by atoms with Crippen LogP contribution in [0.5, 0.6) is 0 Å². The van der Waals surface area contributed by atoms with E-state index in [2.05, 4.69) is 0 Å². The Balaban J connectivity index is 2.00. The highest BCUT2D eigenvalue weighted by molar-refractivity contribution is 7.89. The van der Waals surface area contributed by atoms with Crippen molar-refractivity contribution in [2.45, 2.75) is 36.3 Å². The first kappa shape index (κ1) is 16.2. The number of benzene rings is 1. The summed E-state index contributed by atoms with van der Waals surface area (Å²) in [6.45, 7) is 0.670. The first-order valence-corrected chi connectivity index (χ1v) is 9.01. The van der Waals surface area contributed by atoms with Gasteiger partial charge < -0.3 is 15.1 Å². The maximum absolute atomic E-state index is 12.8. The summed E-state index contributed by atoms with van der Waals surface area (Å²) in [5, 5.41) is 18.9. The van der Waals surface area contributed by atoms with E-state index in [-0.39, 0.29) is 17.9 Å². The standard InChI is InChI=1S/C15H20N2O5S/c1-16-6-2-3-10-4-5-12(8-13(10)16)23(21,22)17-9-11(18)7-14(17)15(19)20/h4-5,8,11,14,18H,2-3,6-7,9H2,1H3,(H,19,20)/t11-,14+/m1/s1. The molecule has 0 aromatic heterocycles. The second-order valence-electron chi connectivity index (χ2n) is 6.13. The number of aliphatic hydroxyl groups excluding tert-OH is 1. The Bertz CT molecular complexity index is 733. The molecule has 2 atom stereocenters. The number of aryl methyl sites for hydroxylation is 1. The number of rotatable bonds is 3. The van der Waals surface area contributed by atoms with Gasteiger partial charge in [-0.1, -0.05) is 6.07 Å². The monoisotopic (exact) mass is 340 g/mol. The number of aliphatic hydroxyl groups is 1. The Morgan fingerprint density at radius 3 is 2.78 bits per heavy atom. The summed E-state index contributed by atoms with van der Waals surface area (Å²) in [4.78, 5) is 13.4. The number of hydrogen-bond donors (Lipinski definition) is 2. The molecule has 1 fully saturated rings. The number of aliphatic carboxylic acids is 1. The second-order valence-corrected chi connectivity index (χ2v) is 8.02. The van der Waals surface area contributed by atoms with Crippen molar-refractivity contribution in [2.75, 3.05) is 25.0 Å². The third kappa shape index (κ3) is 2.82. The Kier molecular flexibility index (Phi) is 4.07. The van der Waals surface area contributed by atoms with E-state index in [4.69, 9.17) is 0 Å². The van der Waals surface area contributed by atoms with Gasteiger partial charge in [-0.15, -0.1) is 0 Å². The molecule has 7 nitrogen and oxygen atoms in total. The minimum atomic E-state index is -3.96. The number of anilines is 1. The van der Waals surface area contributed by atoms with Gasteiger partial charge in [0.2, 0.25) is 10.0 Å². The predicted octanol–water partition coefficient (Wildman–Crippen LogP) is 0.277. The minimum Gasteiger partial charge on any atom is -0.480 e. The highest BCUT2D eigenvalue weighted by Crippen LogP contribution is 2.32. The molecule has 0 aliphatic carbocycles. The van der Waals surface area contributed by atoms with E-state index in [9.17, 15) is 23.4 Å². The Morgan fingerprint density at radius 1 is 1.35 bits per heavy atom. The maximum Gasteiger partial charge on any atom is 0.322 e. The van der Waals surface area contributed by atoms with E-state index in [0.717, 1.165) is 34.9 Å². The number of nitrogens with zero attached hydrogens (tertiary/aromatic N) is 2. The lowest BCUT2D eigenvalue weighted by atomic mass is 10.0. The molecule has 23 heavy (non-hydrogen) atoms. The lowest BCUT2D eigenvalue weighted by Gasteiger charge is -2.28. The van der Waals surface area contributed by atoms with Gasteiger partial charge in [-0.3, -0.25) is 4.79 Å². The van der Waals surface area contributed by atoms with Crippen LogP contribution >= 0.6 is 0 Å². The molecule has 1 saturated heterocycles. The zero-order chi connectivity index (χ0) is 16.8. The third-order valence-corrected chi connectivity index (χ3v) is 6.40. The van der Waals surface area contributed by atoms with Crippen LogP contribution in [-0.2, 0) is 21.2 Å². The molecular formula is C15H20N2O5S.